The van der Waals surface area contributed by atoms with Crippen LogP contribution in [0.2, 0.25) is 0 Å². The maximum atomic E-state index is 13.9. The van der Waals surface area contributed by atoms with Crippen molar-refractivity contribution in [2.24, 2.45) is 10.9 Å². The van der Waals surface area contributed by atoms with Crippen molar-refractivity contribution < 1.29 is 9.18 Å². The minimum atomic E-state index is -0.275. The lowest BCUT2D eigenvalue weighted by molar-refractivity contribution is -0.131. The van der Waals surface area contributed by atoms with Crippen LogP contribution in [-0.4, -0.2) is 53.4 Å². The van der Waals surface area contributed by atoms with Crippen molar-refractivity contribution in [3.05, 3.63) is 88.9 Å². The van der Waals surface area contributed by atoms with Gasteiger partial charge in [-0.25, -0.2) is 9.38 Å². The molecule has 37 heavy (non-hydrogen) atoms. The molecular formula is C31H37FN4O. The van der Waals surface area contributed by atoms with E-state index in [1.54, 1.807) is 0 Å². The summed E-state index contributed by atoms with van der Waals surface area (Å²) in [5, 5.41) is 8.50. The van der Waals surface area contributed by atoms with Crippen LogP contribution in [-0.2, 0) is 17.6 Å². The van der Waals surface area contributed by atoms with Gasteiger partial charge in [-0.3, -0.25) is 10.2 Å². The molecule has 0 saturated carbocycles. The fourth-order valence-corrected chi connectivity index (χ4v) is 5.29. The zero-order chi connectivity index (χ0) is 26.5. The molecule has 1 amide bonds. The van der Waals surface area contributed by atoms with Gasteiger partial charge in [0.05, 0.1) is 5.70 Å². The molecule has 5 nitrogen and oxygen atoms in total. The minimum Gasteiger partial charge on any atom is -0.365 e. The van der Waals surface area contributed by atoms with E-state index < -0.39 is 0 Å². The van der Waals surface area contributed by atoms with E-state index in [1.807, 2.05) is 49.2 Å². The van der Waals surface area contributed by atoms with E-state index in [-0.39, 0.29) is 29.5 Å². The number of amides is 1. The average molecular weight is 501 g/mol. The lowest BCUT2D eigenvalue weighted by Gasteiger charge is -2.42. The van der Waals surface area contributed by atoms with Crippen molar-refractivity contribution in [3.63, 3.8) is 0 Å². The lowest BCUT2D eigenvalue weighted by atomic mass is 9.85. The van der Waals surface area contributed by atoms with Crippen molar-refractivity contribution in [2.75, 3.05) is 19.6 Å². The summed E-state index contributed by atoms with van der Waals surface area (Å²) in [6.45, 7) is 12.0. The molecule has 1 N–H and O–H groups in total. The first-order valence-corrected chi connectivity index (χ1v) is 13.2. The molecule has 1 aliphatic carbocycles. The monoisotopic (exact) mass is 500 g/mol. The van der Waals surface area contributed by atoms with Crippen molar-refractivity contribution in [2.45, 2.75) is 52.5 Å². The van der Waals surface area contributed by atoms with Gasteiger partial charge in [-0.05, 0) is 79.8 Å². The molecule has 0 aromatic heterocycles. The second-order valence-electron chi connectivity index (χ2n) is 10.1. The molecule has 0 radical (unpaired) electrons. The first-order valence-electron chi connectivity index (χ1n) is 13.2. The normalized spacial score (nSPS) is 18.6. The number of rotatable bonds is 7. The molecule has 2 unspecified atom stereocenters. The standard InChI is InChI=1S/C31H37FN4O/c1-5-24(17-25-9-7-6-8-10-25)19-34-30(33)23(4)35-15-16-36(21(2)20-35)31(37)28-14-12-26-11-13-27(32)18-29(26)22(28)3/h6-11,13,18-19,21,24,33H,4-5,12,14-17,20H2,1-3H3/b33-30?,34-19-. The largest absolute Gasteiger partial charge is 0.365 e. The van der Waals surface area contributed by atoms with Gasteiger partial charge in [0.25, 0.3) is 0 Å². The Morgan fingerprint density at radius 3 is 2.68 bits per heavy atom. The Balaban J connectivity index is 1.37. The van der Waals surface area contributed by atoms with Crippen molar-refractivity contribution >= 4 is 23.5 Å². The van der Waals surface area contributed by atoms with Crippen molar-refractivity contribution in [3.8, 4) is 0 Å². The van der Waals surface area contributed by atoms with Gasteiger partial charge in [-0.2, -0.15) is 0 Å². The van der Waals surface area contributed by atoms with E-state index in [1.165, 1.54) is 17.7 Å². The number of hydrogen-bond donors (Lipinski definition) is 1. The van der Waals surface area contributed by atoms with Gasteiger partial charge in [-0.15, -0.1) is 0 Å². The molecule has 1 heterocycles. The molecule has 4 rings (SSSR count). The van der Waals surface area contributed by atoms with Crippen LogP contribution in [0.5, 0.6) is 0 Å². The number of aliphatic imine (C=N–C) groups is 1. The van der Waals surface area contributed by atoms with Crippen LogP contribution in [0.1, 0.15) is 50.3 Å². The summed E-state index contributed by atoms with van der Waals surface area (Å²) < 4.78 is 13.9. The van der Waals surface area contributed by atoms with Gasteiger partial charge in [0, 0.05) is 37.5 Å². The predicted octanol–water partition coefficient (Wildman–Crippen LogP) is 5.91. The van der Waals surface area contributed by atoms with Crippen LogP contribution in [0.3, 0.4) is 0 Å². The van der Waals surface area contributed by atoms with E-state index in [9.17, 15) is 9.18 Å². The maximum Gasteiger partial charge on any atom is 0.250 e. The molecule has 0 spiro atoms. The lowest BCUT2D eigenvalue weighted by Crippen LogP contribution is -2.54. The van der Waals surface area contributed by atoms with Crippen LogP contribution in [0, 0.1) is 17.1 Å². The quantitative estimate of drug-likeness (QED) is 0.380. The highest BCUT2D eigenvalue weighted by molar-refractivity contribution is 6.02. The fraction of sp³-hybridized carbons (Fsp3) is 0.387. The Bertz CT molecular complexity index is 1230. The Morgan fingerprint density at radius 1 is 1.22 bits per heavy atom. The van der Waals surface area contributed by atoms with Gasteiger partial charge in [0.15, 0.2) is 5.84 Å². The van der Waals surface area contributed by atoms with Gasteiger partial charge in [0.2, 0.25) is 5.91 Å². The number of nitrogens with one attached hydrogen (secondary N) is 1. The molecule has 2 aliphatic rings. The van der Waals surface area contributed by atoms with Gasteiger partial charge in [0.1, 0.15) is 5.82 Å². The first kappa shape index (κ1) is 26.5. The Hall–Kier alpha value is -3.54. The van der Waals surface area contributed by atoms with Crippen LogP contribution in [0.4, 0.5) is 4.39 Å². The zero-order valence-electron chi connectivity index (χ0n) is 22.1. The minimum absolute atomic E-state index is 0.0324. The number of nitrogens with zero attached hydrogens (tertiary/aromatic N) is 3. The summed E-state index contributed by atoms with van der Waals surface area (Å²) in [7, 11) is 0. The van der Waals surface area contributed by atoms with Gasteiger partial charge >= 0.3 is 0 Å². The molecule has 194 valence electrons. The number of benzene rings is 2. The molecule has 1 fully saturated rings. The summed E-state index contributed by atoms with van der Waals surface area (Å²) in [4.78, 5) is 21.9. The van der Waals surface area contributed by atoms with E-state index in [2.05, 4.69) is 35.5 Å². The first-order chi connectivity index (χ1) is 17.8. The average Bonchev–Trinajstić information content (AvgIpc) is 2.91. The molecule has 2 aromatic carbocycles. The van der Waals surface area contributed by atoms with Crippen LogP contribution < -0.4 is 0 Å². The molecule has 1 aliphatic heterocycles. The van der Waals surface area contributed by atoms with E-state index in [4.69, 9.17) is 5.41 Å². The van der Waals surface area contributed by atoms with E-state index in [0.29, 0.717) is 31.8 Å². The molecule has 1 saturated heterocycles. The number of hydrogen-bond acceptors (Lipinski definition) is 3. The number of aryl methyl sites for hydroxylation is 1. The zero-order valence-corrected chi connectivity index (χ0v) is 22.1. The van der Waals surface area contributed by atoms with Crippen molar-refractivity contribution in [1.29, 1.82) is 5.41 Å². The molecule has 2 atom stereocenters. The number of carbonyl (C=O) groups is 1. The summed E-state index contributed by atoms with van der Waals surface area (Å²) in [5.41, 5.74) is 5.44. The summed E-state index contributed by atoms with van der Waals surface area (Å²) in [6.07, 6.45) is 5.14. The second kappa shape index (κ2) is 11.7. The number of halogens is 1. The SMILES string of the molecule is C=C(C(=N)/N=C\C(CC)Cc1ccccc1)N1CCN(C(=O)C2=C(C)c3cc(F)ccc3CC2)C(C)C1. The number of piperazine rings is 1. The summed E-state index contributed by atoms with van der Waals surface area (Å²) in [6, 6.07) is 15.1. The third-order valence-electron chi connectivity index (χ3n) is 7.65. The Morgan fingerprint density at radius 2 is 1.97 bits per heavy atom. The number of carbonyl (C=O) groups excluding carboxylic acids is 1. The Kier molecular flexibility index (Phi) is 8.37. The van der Waals surface area contributed by atoms with Crippen LogP contribution in [0.15, 0.2) is 71.4 Å². The highest BCUT2D eigenvalue weighted by Crippen LogP contribution is 2.33. The highest BCUT2D eigenvalue weighted by atomic mass is 19.1. The molecular weight excluding hydrogens is 463 g/mol. The van der Waals surface area contributed by atoms with Gasteiger partial charge in [-0.1, -0.05) is 49.9 Å². The molecule has 6 heteroatoms. The molecule has 0 bridgehead atoms. The van der Waals surface area contributed by atoms with E-state index in [0.717, 1.165) is 41.5 Å². The number of amidine groups is 1. The van der Waals surface area contributed by atoms with Crippen LogP contribution >= 0.6 is 0 Å². The maximum absolute atomic E-state index is 13.9. The number of allylic oxidation sites excluding steroid dienone is 1. The van der Waals surface area contributed by atoms with E-state index >= 15 is 0 Å². The summed E-state index contributed by atoms with van der Waals surface area (Å²) in [5.74, 6) is 0.185. The second-order valence-corrected chi connectivity index (χ2v) is 10.1. The van der Waals surface area contributed by atoms with Crippen LogP contribution in [0.25, 0.3) is 5.57 Å². The number of fused-ring (bicyclic) bond motifs is 1. The van der Waals surface area contributed by atoms with Crippen molar-refractivity contribution in [1.82, 2.24) is 9.80 Å². The fourth-order valence-electron chi connectivity index (χ4n) is 5.29. The highest BCUT2D eigenvalue weighted by Gasteiger charge is 2.32. The summed E-state index contributed by atoms with van der Waals surface area (Å²) >= 11 is 0. The third-order valence-corrected chi connectivity index (χ3v) is 7.65. The predicted molar refractivity (Wildman–Crippen MR) is 149 cm³/mol. The molecule has 2 aromatic rings. The third kappa shape index (κ3) is 6.07. The Labute approximate surface area is 219 Å². The van der Waals surface area contributed by atoms with Gasteiger partial charge < -0.3 is 9.80 Å². The smallest absolute Gasteiger partial charge is 0.250 e. The topological polar surface area (TPSA) is 59.8 Å².